The summed E-state index contributed by atoms with van der Waals surface area (Å²) < 4.78 is 2.57. The number of nitrogens with zero attached hydrogens (tertiary/aromatic N) is 5. The Labute approximate surface area is 257 Å². The van der Waals surface area contributed by atoms with E-state index in [-0.39, 0.29) is 11.9 Å². The molecule has 0 unspecified atom stereocenters. The van der Waals surface area contributed by atoms with E-state index in [2.05, 4.69) is 38.7 Å². The van der Waals surface area contributed by atoms with Gasteiger partial charge in [-0.2, -0.15) is 0 Å². The second-order valence-electron chi connectivity index (χ2n) is 13.9. The predicted molar refractivity (Wildman–Crippen MR) is 169 cm³/mol. The summed E-state index contributed by atoms with van der Waals surface area (Å²) in [6, 6.07) is 12.3. The average Bonchev–Trinajstić information content (AvgIpc) is 3.44. The number of carbonyl (C=O) groups is 2. The number of fused-ring (bicyclic) bond motifs is 3. The number of carbonyl (C=O) groups excluding carboxylic acids is 2. The molecule has 43 heavy (non-hydrogen) atoms. The van der Waals surface area contributed by atoms with Gasteiger partial charge >= 0.3 is 6.03 Å². The van der Waals surface area contributed by atoms with Crippen molar-refractivity contribution in [3.05, 3.63) is 47.5 Å². The van der Waals surface area contributed by atoms with E-state index in [1.165, 1.54) is 57.1 Å². The number of aryl methyl sites for hydroxylation is 1. The van der Waals surface area contributed by atoms with Gasteiger partial charge in [-0.25, -0.2) is 9.78 Å². The summed E-state index contributed by atoms with van der Waals surface area (Å²) in [4.78, 5) is 38.2. The maximum Gasteiger partial charge on any atom is 0.322 e. The van der Waals surface area contributed by atoms with Gasteiger partial charge in [0.05, 0.1) is 12.2 Å². The minimum atomic E-state index is 0.0630. The Morgan fingerprint density at radius 3 is 2.37 bits per heavy atom. The molecule has 7 rings (SSSR count). The lowest BCUT2D eigenvalue weighted by Crippen LogP contribution is -2.48. The standard InChI is InChI=1S/C35H50N6O2/c1-25-36-32-24-38(34(42)26-10-8-11-26)21-18-33(32)41(25)31-22-29-16-17-30(23-31)39(29)19-9-20-40(28-14-6-3-7-15-28)35(43)37-27-12-4-2-5-13-27/h3,6-7,14-15,26-27,29-31H,2,4-5,8-13,16-24H2,1H3,(H,37,43)/t29-,30+,31+. The Bertz CT molecular complexity index is 1270. The number of imidazole rings is 1. The molecular weight excluding hydrogens is 536 g/mol. The number of aromatic nitrogens is 2. The highest BCUT2D eigenvalue weighted by molar-refractivity contribution is 5.92. The monoisotopic (exact) mass is 586 g/mol. The van der Waals surface area contributed by atoms with Gasteiger partial charge in [0, 0.05) is 67.5 Å². The maximum absolute atomic E-state index is 13.4. The molecular formula is C35H50N6O2. The number of hydrogen-bond acceptors (Lipinski definition) is 4. The van der Waals surface area contributed by atoms with Crippen LogP contribution in [0.1, 0.15) is 107 Å². The highest BCUT2D eigenvalue weighted by Gasteiger charge is 2.42. The SMILES string of the molecule is Cc1nc2c(n1[C@H]1C[C@H]3CC[C@@H](C1)N3CCCN(C(=O)NC1CCCCC1)c1ccccc1)CCN(C(=O)C1CCC1)C2. The van der Waals surface area contributed by atoms with Crippen LogP contribution in [-0.2, 0) is 17.8 Å². The van der Waals surface area contributed by atoms with Crippen LogP contribution in [0.2, 0.25) is 0 Å². The topological polar surface area (TPSA) is 73.7 Å². The Morgan fingerprint density at radius 2 is 1.67 bits per heavy atom. The predicted octanol–water partition coefficient (Wildman–Crippen LogP) is 5.98. The Morgan fingerprint density at radius 1 is 0.930 bits per heavy atom. The number of benzene rings is 1. The van der Waals surface area contributed by atoms with Gasteiger partial charge in [-0.15, -0.1) is 0 Å². The highest BCUT2D eigenvalue weighted by Crippen LogP contribution is 2.42. The van der Waals surface area contributed by atoms with Gasteiger partial charge in [0.1, 0.15) is 5.82 Å². The Kier molecular flexibility index (Phi) is 8.48. The molecule has 3 amide bonds. The van der Waals surface area contributed by atoms with Crippen LogP contribution in [0.5, 0.6) is 0 Å². The van der Waals surface area contributed by atoms with Gasteiger partial charge in [-0.1, -0.05) is 43.9 Å². The van der Waals surface area contributed by atoms with Crippen LogP contribution in [0, 0.1) is 12.8 Å². The fourth-order valence-electron chi connectivity index (χ4n) is 8.81. The van der Waals surface area contributed by atoms with E-state index >= 15 is 0 Å². The van der Waals surface area contributed by atoms with E-state index in [0.717, 1.165) is 75.4 Å². The third-order valence-electron chi connectivity index (χ3n) is 11.3. The number of nitrogens with one attached hydrogen (secondary N) is 1. The van der Waals surface area contributed by atoms with Gasteiger partial charge in [0.2, 0.25) is 5.91 Å². The van der Waals surface area contributed by atoms with Crippen LogP contribution in [0.3, 0.4) is 0 Å². The first-order valence-corrected chi connectivity index (χ1v) is 17.3. The van der Waals surface area contributed by atoms with Gasteiger partial charge in [0.15, 0.2) is 0 Å². The fraction of sp³-hybridized carbons (Fsp3) is 0.686. The summed E-state index contributed by atoms with van der Waals surface area (Å²) in [6.45, 7) is 5.48. The zero-order chi connectivity index (χ0) is 29.3. The number of rotatable bonds is 8. The van der Waals surface area contributed by atoms with Crippen molar-refractivity contribution in [2.24, 2.45) is 5.92 Å². The summed E-state index contributed by atoms with van der Waals surface area (Å²) in [5.41, 5.74) is 3.51. The molecule has 232 valence electrons. The van der Waals surface area contributed by atoms with Crippen LogP contribution < -0.4 is 10.2 Å². The number of para-hydroxylation sites is 1. The van der Waals surface area contributed by atoms with E-state index in [0.29, 0.717) is 36.6 Å². The van der Waals surface area contributed by atoms with Crippen molar-refractivity contribution in [3.63, 3.8) is 0 Å². The number of piperidine rings is 1. The molecule has 8 heteroatoms. The fourth-order valence-corrected chi connectivity index (χ4v) is 8.81. The number of anilines is 1. The summed E-state index contributed by atoms with van der Waals surface area (Å²) in [7, 11) is 0. The molecule has 4 heterocycles. The first kappa shape index (κ1) is 28.9. The molecule has 2 saturated heterocycles. The minimum Gasteiger partial charge on any atom is -0.336 e. The summed E-state index contributed by atoms with van der Waals surface area (Å²) >= 11 is 0. The number of hydrogen-bond donors (Lipinski definition) is 1. The average molecular weight is 587 g/mol. The van der Waals surface area contributed by atoms with Crippen molar-refractivity contribution in [1.29, 1.82) is 0 Å². The van der Waals surface area contributed by atoms with E-state index in [1.54, 1.807) is 0 Å². The maximum atomic E-state index is 13.4. The lowest BCUT2D eigenvalue weighted by Gasteiger charge is -2.41. The van der Waals surface area contributed by atoms with Crippen LogP contribution in [0.25, 0.3) is 0 Å². The molecule has 2 saturated carbocycles. The van der Waals surface area contributed by atoms with E-state index in [1.807, 2.05) is 23.1 Å². The molecule has 4 fully saturated rings. The first-order chi connectivity index (χ1) is 21.0. The molecule has 2 aliphatic carbocycles. The molecule has 1 aromatic carbocycles. The van der Waals surface area contributed by atoms with Gasteiger partial charge in [-0.05, 0) is 76.8 Å². The molecule has 2 aromatic rings. The van der Waals surface area contributed by atoms with E-state index < -0.39 is 0 Å². The Balaban J connectivity index is 0.970. The zero-order valence-electron chi connectivity index (χ0n) is 26.1. The van der Waals surface area contributed by atoms with Crippen molar-refractivity contribution in [2.75, 3.05) is 24.5 Å². The minimum absolute atomic E-state index is 0.0630. The third-order valence-corrected chi connectivity index (χ3v) is 11.3. The number of amides is 3. The summed E-state index contributed by atoms with van der Waals surface area (Å²) in [6.07, 6.45) is 16.1. The van der Waals surface area contributed by atoms with Gasteiger partial charge < -0.3 is 14.8 Å². The molecule has 0 spiro atoms. The van der Waals surface area contributed by atoms with Crippen LogP contribution in [0.4, 0.5) is 10.5 Å². The van der Waals surface area contributed by atoms with Crippen molar-refractivity contribution < 1.29 is 9.59 Å². The molecule has 3 aliphatic heterocycles. The van der Waals surface area contributed by atoms with E-state index in [9.17, 15) is 9.59 Å². The molecule has 0 radical (unpaired) electrons. The van der Waals surface area contributed by atoms with Crippen molar-refractivity contribution >= 4 is 17.6 Å². The third kappa shape index (κ3) is 5.96. The molecule has 1 aromatic heterocycles. The second kappa shape index (κ2) is 12.6. The summed E-state index contributed by atoms with van der Waals surface area (Å²) in [5.74, 6) is 1.74. The van der Waals surface area contributed by atoms with Crippen molar-refractivity contribution in [2.45, 2.75) is 128 Å². The van der Waals surface area contributed by atoms with Crippen LogP contribution >= 0.6 is 0 Å². The smallest absolute Gasteiger partial charge is 0.322 e. The first-order valence-electron chi connectivity index (χ1n) is 17.3. The molecule has 1 N–H and O–H groups in total. The van der Waals surface area contributed by atoms with Crippen molar-refractivity contribution in [3.8, 4) is 0 Å². The molecule has 5 aliphatic rings. The van der Waals surface area contributed by atoms with E-state index in [4.69, 9.17) is 4.98 Å². The largest absolute Gasteiger partial charge is 0.336 e. The lowest BCUT2D eigenvalue weighted by atomic mass is 9.84. The zero-order valence-corrected chi connectivity index (χ0v) is 26.1. The second-order valence-corrected chi connectivity index (χ2v) is 13.9. The van der Waals surface area contributed by atoms with Crippen LogP contribution in [0.15, 0.2) is 30.3 Å². The molecule has 8 nitrogen and oxygen atoms in total. The van der Waals surface area contributed by atoms with Gasteiger partial charge in [-0.3, -0.25) is 14.6 Å². The van der Waals surface area contributed by atoms with Crippen LogP contribution in [-0.4, -0.2) is 69.0 Å². The van der Waals surface area contributed by atoms with Crippen molar-refractivity contribution in [1.82, 2.24) is 24.7 Å². The molecule has 3 atom stereocenters. The Hall–Kier alpha value is -2.87. The lowest BCUT2D eigenvalue weighted by molar-refractivity contribution is -0.139. The highest BCUT2D eigenvalue weighted by atomic mass is 16.2. The van der Waals surface area contributed by atoms with Gasteiger partial charge in [0.25, 0.3) is 0 Å². The number of urea groups is 1. The normalized spacial score (nSPS) is 26.2. The summed E-state index contributed by atoms with van der Waals surface area (Å²) in [5, 5.41) is 3.35. The molecule has 2 bridgehead atoms. The quantitative estimate of drug-likeness (QED) is 0.413.